The highest BCUT2D eigenvalue weighted by molar-refractivity contribution is 5.97. The zero-order chi connectivity index (χ0) is 19.5. The summed E-state index contributed by atoms with van der Waals surface area (Å²) in [7, 11) is 1.43. The predicted octanol–water partition coefficient (Wildman–Crippen LogP) is 1.80. The van der Waals surface area contributed by atoms with E-state index in [0.717, 1.165) is 4.68 Å². The normalized spacial score (nSPS) is 13.0. The van der Waals surface area contributed by atoms with Crippen LogP contribution in [0.2, 0.25) is 0 Å². The lowest BCUT2D eigenvalue weighted by Crippen LogP contribution is -2.46. The van der Waals surface area contributed by atoms with Crippen LogP contribution in [-0.4, -0.2) is 38.2 Å². The van der Waals surface area contributed by atoms with Crippen molar-refractivity contribution in [2.75, 3.05) is 6.54 Å². The lowest BCUT2D eigenvalue weighted by atomic mass is 9.78. The van der Waals surface area contributed by atoms with Crippen molar-refractivity contribution >= 4 is 17.6 Å². The van der Waals surface area contributed by atoms with E-state index in [2.05, 4.69) is 10.4 Å². The molecule has 2 aromatic rings. The molecule has 2 rings (SSSR count). The molecule has 0 bridgehead atoms. The van der Waals surface area contributed by atoms with Gasteiger partial charge in [-0.3, -0.25) is 24.4 Å². The highest BCUT2D eigenvalue weighted by Crippen LogP contribution is 2.28. The number of nitrogens with one attached hydrogen (secondary N) is 1. The summed E-state index contributed by atoms with van der Waals surface area (Å²) in [6, 6.07) is 8.58. The Morgan fingerprint density at radius 1 is 1.35 bits per heavy atom. The summed E-state index contributed by atoms with van der Waals surface area (Å²) in [6.45, 7) is 2.94. The zero-order valence-electron chi connectivity index (χ0n) is 14.7. The average molecular weight is 360 g/mol. The molecule has 0 aliphatic carbocycles. The van der Waals surface area contributed by atoms with Gasteiger partial charge in [-0.2, -0.15) is 5.10 Å². The van der Waals surface area contributed by atoms with Gasteiger partial charge in [-0.15, -0.1) is 0 Å². The standard InChI is InChI=1S/C17H20N4O5/c1-4-17(16(23)24,12-8-6-5-7-9-12)10-18-15(22)14-13(21(25)26)11(2)19-20(14)3/h5-9H,4,10H2,1-3H3,(H,18,22)(H,23,24). The second-order valence-electron chi connectivity index (χ2n) is 5.95. The van der Waals surface area contributed by atoms with Crippen LogP contribution in [0.5, 0.6) is 0 Å². The number of nitrogens with zero attached hydrogens (tertiary/aromatic N) is 3. The average Bonchev–Trinajstić information content (AvgIpc) is 2.90. The second kappa shape index (κ2) is 7.34. The Hall–Kier alpha value is -3.23. The van der Waals surface area contributed by atoms with Crippen molar-refractivity contribution in [2.45, 2.75) is 25.7 Å². The number of carboxylic acids is 1. The topological polar surface area (TPSA) is 127 Å². The summed E-state index contributed by atoms with van der Waals surface area (Å²) in [5, 5.41) is 27.5. The van der Waals surface area contributed by atoms with Gasteiger partial charge in [0.05, 0.1) is 4.92 Å². The Balaban J connectivity index is 2.35. The molecule has 1 heterocycles. The number of carboxylic acid groups (broad SMARTS) is 1. The molecular weight excluding hydrogens is 340 g/mol. The molecule has 0 saturated carbocycles. The summed E-state index contributed by atoms with van der Waals surface area (Å²) < 4.78 is 1.12. The van der Waals surface area contributed by atoms with Crippen LogP contribution in [0.1, 0.15) is 35.1 Å². The number of carbonyl (C=O) groups excluding carboxylic acids is 1. The third-order valence-electron chi connectivity index (χ3n) is 4.48. The molecule has 9 nitrogen and oxygen atoms in total. The molecule has 1 amide bonds. The highest BCUT2D eigenvalue weighted by atomic mass is 16.6. The molecule has 1 aromatic carbocycles. The zero-order valence-corrected chi connectivity index (χ0v) is 14.7. The summed E-state index contributed by atoms with van der Waals surface area (Å²) in [5.74, 6) is -1.82. The largest absolute Gasteiger partial charge is 0.481 e. The van der Waals surface area contributed by atoms with Gasteiger partial charge in [-0.05, 0) is 18.9 Å². The number of rotatable bonds is 7. The van der Waals surface area contributed by atoms with Gasteiger partial charge in [0.25, 0.3) is 5.91 Å². The third kappa shape index (κ3) is 3.28. The monoisotopic (exact) mass is 360 g/mol. The number of aromatic nitrogens is 2. The van der Waals surface area contributed by atoms with E-state index in [0.29, 0.717) is 5.56 Å². The van der Waals surface area contributed by atoms with Crippen molar-refractivity contribution in [3.8, 4) is 0 Å². The first kappa shape index (κ1) is 19.1. The lowest BCUT2D eigenvalue weighted by Gasteiger charge is -2.29. The molecule has 1 atom stereocenters. The quantitative estimate of drug-likeness (QED) is 0.572. The molecule has 0 radical (unpaired) electrons. The maximum Gasteiger partial charge on any atom is 0.322 e. The van der Waals surface area contributed by atoms with Crippen molar-refractivity contribution in [1.29, 1.82) is 0 Å². The fourth-order valence-electron chi connectivity index (χ4n) is 2.97. The lowest BCUT2D eigenvalue weighted by molar-refractivity contribution is -0.385. The van der Waals surface area contributed by atoms with Crippen molar-refractivity contribution in [1.82, 2.24) is 15.1 Å². The van der Waals surface area contributed by atoms with E-state index < -0.39 is 22.2 Å². The van der Waals surface area contributed by atoms with E-state index >= 15 is 0 Å². The van der Waals surface area contributed by atoms with Crippen LogP contribution in [-0.2, 0) is 17.3 Å². The minimum atomic E-state index is -1.33. The number of nitro groups is 1. The molecule has 1 aromatic heterocycles. The van der Waals surface area contributed by atoms with Crippen LogP contribution < -0.4 is 5.32 Å². The van der Waals surface area contributed by atoms with Gasteiger partial charge < -0.3 is 10.4 Å². The van der Waals surface area contributed by atoms with E-state index in [4.69, 9.17) is 0 Å². The molecule has 0 aliphatic heterocycles. The number of aryl methyl sites for hydroxylation is 2. The fraction of sp³-hybridized carbons (Fsp3) is 0.353. The summed E-state index contributed by atoms with van der Waals surface area (Å²) in [6.07, 6.45) is 0.235. The number of carbonyl (C=O) groups is 2. The molecule has 0 saturated heterocycles. The Morgan fingerprint density at radius 3 is 2.46 bits per heavy atom. The van der Waals surface area contributed by atoms with Gasteiger partial charge in [-0.1, -0.05) is 37.3 Å². The number of aliphatic carboxylic acids is 1. The van der Waals surface area contributed by atoms with Crippen LogP contribution in [0.3, 0.4) is 0 Å². The van der Waals surface area contributed by atoms with Gasteiger partial charge in [-0.25, -0.2) is 0 Å². The first-order valence-electron chi connectivity index (χ1n) is 7.99. The Labute approximate surface area is 149 Å². The first-order chi connectivity index (χ1) is 12.2. The predicted molar refractivity (Wildman–Crippen MR) is 93.0 cm³/mol. The molecule has 2 N–H and O–H groups in total. The van der Waals surface area contributed by atoms with Gasteiger partial charge in [0.1, 0.15) is 11.1 Å². The maximum atomic E-state index is 12.6. The minimum absolute atomic E-state index is 0.116. The molecular formula is C17H20N4O5. The molecule has 9 heteroatoms. The number of hydrogen-bond acceptors (Lipinski definition) is 5. The van der Waals surface area contributed by atoms with E-state index in [-0.39, 0.29) is 30.0 Å². The minimum Gasteiger partial charge on any atom is -0.481 e. The number of benzene rings is 1. The second-order valence-corrected chi connectivity index (χ2v) is 5.95. The first-order valence-corrected chi connectivity index (χ1v) is 7.99. The van der Waals surface area contributed by atoms with Crippen LogP contribution in [0, 0.1) is 17.0 Å². The maximum absolute atomic E-state index is 12.6. The summed E-state index contributed by atoms with van der Waals surface area (Å²) >= 11 is 0. The van der Waals surface area contributed by atoms with Crippen LogP contribution in [0.25, 0.3) is 0 Å². The smallest absolute Gasteiger partial charge is 0.322 e. The van der Waals surface area contributed by atoms with E-state index in [9.17, 15) is 24.8 Å². The number of amides is 1. The molecule has 138 valence electrons. The van der Waals surface area contributed by atoms with Gasteiger partial charge >= 0.3 is 11.7 Å². The van der Waals surface area contributed by atoms with Crippen LogP contribution >= 0.6 is 0 Å². The van der Waals surface area contributed by atoms with Gasteiger partial charge in [0.2, 0.25) is 5.69 Å². The Bertz CT molecular complexity index is 846. The van der Waals surface area contributed by atoms with Crippen molar-refractivity contribution in [2.24, 2.45) is 7.05 Å². The number of hydrogen-bond donors (Lipinski definition) is 2. The van der Waals surface area contributed by atoms with E-state index in [1.165, 1.54) is 14.0 Å². The van der Waals surface area contributed by atoms with E-state index in [1.807, 2.05) is 0 Å². The SMILES string of the molecule is CCC(CNC(=O)c1c([N+](=O)[O-])c(C)nn1C)(C(=O)O)c1ccccc1. The van der Waals surface area contributed by atoms with Gasteiger partial charge in [0.15, 0.2) is 0 Å². The molecule has 0 spiro atoms. The van der Waals surface area contributed by atoms with E-state index in [1.54, 1.807) is 37.3 Å². The third-order valence-corrected chi connectivity index (χ3v) is 4.48. The molecule has 26 heavy (non-hydrogen) atoms. The fourth-order valence-corrected chi connectivity index (χ4v) is 2.97. The Morgan fingerprint density at radius 2 is 1.96 bits per heavy atom. The molecule has 0 aliphatic rings. The highest BCUT2D eigenvalue weighted by Gasteiger charge is 2.40. The van der Waals surface area contributed by atoms with Crippen molar-refractivity contribution in [3.63, 3.8) is 0 Å². The van der Waals surface area contributed by atoms with Crippen molar-refractivity contribution < 1.29 is 19.6 Å². The summed E-state index contributed by atoms with van der Waals surface area (Å²) in [5.41, 5.74) is -1.27. The van der Waals surface area contributed by atoms with Crippen LogP contribution in [0.4, 0.5) is 5.69 Å². The Kier molecular flexibility index (Phi) is 5.39. The van der Waals surface area contributed by atoms with Gasteiger partial charge in [0, 0.05) is 13.6 Å². The molecule has 1 unspecified atom stereocenters. The van der Waals surface area contributed by atoms with Crippen LogP contribution in [0.15, 0.2) is 30.3 Å². The van der Waals surface area contributed by atoms with Crippen molar-refractivity contribution in [3.05, 3.63) is 57.4 Å². The summed E-state index contributed by atoms with van der Waals surface area (Å²) in [4.78, 5) is 35.1. The molecule has 0 fully saturated rings.